The zero-order valence-corrected chi connectivity index (χ0v) is 25.8. The van der Waals surface area contributed by atoms with E-state index >= 15 is 0 Å². The fourth-order valence-corrected chi connectivity index (χ4v) is 5.37. The molecule has 0 unspecified atom stereocenters. The highest BCUT2D eigenvalue weighted by Gasteiger charge is 2.27. The van der Waals surface area contributed by atoms with Gasteiger partial charge in [0.1, 0.15) is 17.3 Å². The van der Waals surface area contributed by atoms with Crippen LogP contribution in [0.4, 0.5) is 0 Å². The Bertz CT molecular complexity index is 1710. The van der Waals surface area contributed by atoms with Crippen LogP contribution in [0.2, 0.25) is 5.15 Å². The monoisotopic (exact) mass is 614 g/mol. The number of imidazole rings is 1. The van der Waals surface area contributed by atoms with E-state index < -0.39 is 5.78 Å². The van der Waals surface area contributed by atoms with Crippen LogP contribution >= 0.6 is 11.6 Å². The van der Waals surface area contributed by atoms with Crippen molar-refractivity contribution >= 4 is 17.4 Å². The number of benzene rings is 2. The maximum absolute atomic E-state index is 13.9. The third-order valence-corrected chi connectivity index (χ3v) is 7.49. The predicted molar refractivity (Wildman–Crippen MR) is 167 cm³/mol. The lowest BCUT2D eigenvalue weighted by atomic mass is 9.97. The van der Waals surface area contributed by atoms with Crippen molar-refractivity contribution in [3.05, 3.63) is 94.3 Å². The van der Waals surface area contributed by atoms with Gasteiger partial charge in [-0.05, 0) is 52.9 Å². The number of tetrazole rings is 1. The highest BCUT2D eigenvalue weighted by atomic mass is 35.5. The Labute approximate surface area is 260 Å². The summed E-state index contributed by atoms with van der Waals surface area (Å²) in [5, 5.41) is 27.5. The van der Waals surface area contributed by atoms with Crippen molar-refractivity contribution in [2.24, 2.45) is 0 Å². The van der Waals surface area contributed by atoms with Gasteiger partial charge in [-0.25, -0.2) is 9.97 Å². The number of rotatable bonds is 14. The first-order valence-electron chi connectivity index (χ1n) is 14.7. The van der Waals surface area contributed by atoms with Crippen LogP contribution in [0.15, 0.2) is 60.8 Å². The average Bonchev–Trinajstić information content (AvgIpc) is 3.68. The molecule has 0 radical (unpaired) electrons. The first-order valence-corrected chi connectivity index (χ1v) is 15.1. The minimum atomic E-state index is -0.509. The van der Waals surface area contributed by atoms with E-state index in [1.807, 2.05) is 66.9 Å². The van der Waals surface area contributed by atoms with Gasteiger partial charge in [0.05, 0.1) is 13.2 Å². The number of aryl methyl sites for hydroxylation is 1. The fraction of sp³-hybridized carbons (Fsp3) is 0.312. The minimum Gasteiger partial charge on any atom is -0.506 e. The second-order valence-corrected chi connectivity index (χ2v) is 10.6. The molecule has 0 aliphatic heterocycles. The maximum atomic E-state index is 13.9. The lowest BCUT2D eigenvalue weighted by Gasteiger charge is -2.19. The van der Waals surface area contributed by atoms with E-state index in [1.54, 1.807) is 11.3 Å². The quantitative estimate of drug-likeness (QED) is 0.116. The van der Waals surface area contributed by atoms with Gasteiger partial charge in [-0.15, -0.1) is 10.2 Å². The molecule has 2 aromatic carbocycles. The lowest BCUT2D eigenvalue weighted by molar-refractivity contribution is -0.158. The average molecular weight is 615 g/mol. The van der Waals surface area contributed by atoms with Gasteiger partial charge in [0.15, 0.2) is 10.8 Å². The van der Waals surface area contributed by atoms with Gasteiger partial charge in [0.2, 0.25) is 11.6 Å². The smallest absolute Gasteiger partial charge is 0.234 e. The van der Waals surface area contributed by atoms with Gasteiger partial charge >= 0.3 is 0 Å². The number of hydrogen-bond acceptors (Lipinski definition) is 9. The van der Waals surface area contributed by atoms with Gasteiger partial charge in [-0.3, -0.25) is 9.63 Å². The number of aromatic amines is 1. The zero-order valence-electron chi connectivity index (χ0n) is 25.0. The summed E-state index contributed by atoms with van der Waals surface area (Å²) in [6, 6.07) is 17.5. The summed E-state index contributed by atoms with van der Waals surface area (Å²) in [4.78, 5) is 28.4. The molecule has 0 saturated heterocycles. The Hall–Kier alpha value is -4.45. The number of H-pyrrole nitrogens is 1. The van der Waals surface area contributed by atoms with Gasteiger partial charge in [0, 0.05) is 31.3 Å². The number of aromatic nitrogens is 7. The Kier molecular flexibility index (Phi) is 10.1. The number of nitrogens with zero attached hydrogens (tertiary/aromatic N) is 7. The number of unbranched alkanes of at least 4 members (excludes halogenated alkanes) is 1. The minimum absolute atomic E-state index is 0.0687. The Morgan fingerprint density at radius 1 is 1.07 bits per heavy atom. The van der Waals surface area contributed by atoms with Crippen molar-refractivity contribution in [3.8, 4) is 28.3 Å². The summed E-state index contributed by atoms with van der Waals surface area (Å²) in [5.74, 6) is 0.397. The molecule has 228 valence electrons. The second kappa shape index (κ2) is 14.3. The largest absolute Gasteiger partial charge is 0.506 e. The van der Waals surface area contributed by atoms with Crippen LogP contribution in [-0.4, -0.2) is 64.3 Å². The summed E-state index contributed by atoms with van der Waals surface area (Å²) in [6.45, 7) is 7.88. The molecule has 0 saturated carbocycles. The molecular formula is C32H35ClN8O3. The van der Waals surface area contributed by atoms with E-state index in [4.69, 9.17) is 16.4 Å². The number of aromatic hydroxyl groups is 1. The summed E-state index contributed by atoms with van der Waals surface area (Å²) >= 11 is 6.65. The molecule has 3 aromatic heterocycles. The van der Waals surface area contributed by atoms with Crippen molar-refractivity contribution in [1.29, 1.82) is 0 Å². The summed E-state index contributed by atoms with van der Waals surface area (Å²) in [5.41, 5.74) is 4.42. The van der Waals surface area contributed by atoms with E-state index in [9.17, 15) is 9.90 Å². The van der Waals surface area contributed by atoms with Gasteiger partial charge in [-0.2, -0.15) is 10.3 Å². The molecule has 0 amide bonds. The summed E-state index contributed by atoms with van der Waals surface area (Å²) in [6.07, 6.45) is 4.02. The molecule has 11 nitrogen and oxygen atoms in total. The topological polar surface area (TPSA) is 135 Å². The summed E-state index contributed by atoms with van der Waals surface area (Å²) < 4.78 is 1.82. The highest BCUT2D eigenvalue weighted by Crippen LogP contribution is 2.32. The molecule has 5 rings (SSSR count). The molecular weight excluding hydrogens is 580 g/mol. The van der Waals surface area contributed by atoms with E-state index in [0.717, 1.165) is 35.1 Å². The van der Waals surface area contributed by atoms with E-state index in [1.165, 1.54) is 6.07 Å². The van der Waals surface area contributed by atoms with Crippen LogP contribution in [0.1, 0.15) is 66.7 Å². The van der Waals surface area contributed by atoms with E-state index in [0.29, 0.717) is 49.9 Å². The standard InChI is InChI=1S/C32H35ClN8O3/c1-4-7-13-27-35-31(33)29(30(43)28-26(42)17-22(18-34-28)19-40(5-2)44-6-3)41(27)20-21-14-15-24(23-11-9-8-10-12-23)25(16-21)32-36-38-39-37-32/h8-12,14-18,42H,4-7,13,19-20H2,1-3H3,(H,36,37,38,39). The van der Waals surface area contributed by atoms with Crippen molar-refractivity contribution in [3.63, 3.8) is 0 Å². The van der Waals surface area contributed by atoms with Gasteiger partial charge in [0.25, 0.3) is 0 Å². The van der Waals surface area contributed by atoms with Crippen LogP contribution in [0, 0.1) is 0 Å². The molecule has 0 aliphatic carbocycles. The van der Waals surface area contributed by atoms with E-state index in [-0.39, 0.29) is 22.3 Å². The first-order chi connectivity index (χ1) is 21.4. The van der Waals surface area contributed by atoms with Gasteiger partial charge < -0.3 is 9.67 Å². The van der Waals surface area contributed by atoms with Crippen molar-refractivity contribution in [2.45, 2.75) is 53.1 Å². The Morgan fingerprint density at radius 2 is 1.89 bits per heavy atom. The third kappa shape index (κ3) is 6.85. The highest BCUT2D eigenvalue weighted by molar-refractivity contribution is 6.33. The van der Waals surface area contributed by atoms with Crippen molar-refractivity contribution in [1.82, 2.24) is 40.2 Å². The zero-order chi connectivity index (χ0) is 31.1. The van der Waals surface area contributed by atoms with Crippen LogP contribution in [-0.2, 0) is 24.3 Å². The second-order valence-electron chi connectivity index (χ2n) is 10.3. The lowest BCUT2D eigenvalue weighted by Crippen LogP contribution is -2.23. The first kappa shape index (κ1) is 31.0. The molecule has 3 heterocycles. The van der Waals surface area contributed by atoms with Crippen LogP contribution in [0.5, 0.6) is 5.75 Å². The molecule has 5 aromatic rings. The molecule has 12 heteroatoms. The fourth-order valence-electron chi connectivity index (χ4n) is 5.09. The molecule has 0 aliphatic rings. The molecule has 0 bridgehead atoms. The van der Waals surface area contributed by atoms with Crippen LogP contribution < -0.4 is 0 Å². The molecule has 0 fully saturated rings. The summed E-state index contributed by atoms with van der Waals surface area (Å²) in [7, 11) is 0. The number of ketones is 1. The number of carbonyl (C=O) groups is 1. The van der Waals surface area contributed by atoms with Crippen molar-refractivity contribution in [2.75, 3.05) is 13.2 Å². The third-order valence-electron chi connectivity index (χ3n) is 7.23. The van der Waals surface area contributed by atoms with Crippen molar-refractivity contribution < 1.29 is 14.7 Å². The molecule has 44 heavy (non-hydrogen) atoms. The Morgan fingerprint density at radius 3 is 2.57 bits per heavy atom. The van der Waals surface area contributed by atoms with Crippen LogP contribution in [0.3, 0.4) is 0 Å². The Balaban J connectivity index is 1.52. The predicted octanol–water partition coefficient (Wildman–Crippen LogP) is 5.88. The number of hydrogen-bond donors (Lipinski definition) is 2. The number of nitrogens with one attached hydrogen (secondary N) is 1. The molecule has 0 atom stereocenters. The number of hydroxylamine groups is 2. The number of halogens is 1. The number of pyridine rings is 1. The molecule has 2 N–H and O–H groups in total. The SMILES string of the molecule is CCCCc1nc(Cl)c(C(=O)c2ncc(CN(CC)OCC)cc2O)n1Cc1ccc(-c2ccccc2)c(-c2nn[nH]n2)c1. The van der Waals surface area contributed by atoms with E-state index in [2.05, 4.69) is 37.5 Å². The van der Waals surface area contributed by atoms with Crippen LogP contribution in [0.25, 0.3) is 22.5 Å². The number of carbonyl (C=O) groups excluding carboxylic acids is 1. The van der Waals surface area contributed by atoms with Gasteiger partial charge in [-0.1, -0.05) is 74.3 Å². The molecule has 0 spiro atoms. The normalized spacial score (nSPS) is 11.4. The maximum Gasteiger partial charge on any atom is 0.234 e.